The van der Waals surface area contributed by atoms with Gasteiger partial charge in [-0.05, 0) is 26.3 Å². The third-order valence-corrected chi connectivity index (χ3v) is 4.61. The molecule has 2 fully saturated rings. The fourth-order valence-corrected chi connectivity index (χ4v) is 3.29. The molecule has 1 aromatic rings. The topological polar surface area (TPSA) is 78.7 Å². The molecule has 0 saturated carbocycles. The summed E-state index contributed by atoms with van der Waals surface area (Å²) in [5.41, 5.74) is -0.800. The van der Waals surface area contributed by atoms with E-state index in [2.05, 4.69) is 15.4 Å². The lowest BCUT2D eigenvalue weighted by Gasteiger charge is -2.39. The number of likely N-dealkylation sites (N-methyl/N-ethyl adjacent to an activating group) is 1. The predicted octanol–water partition coefficient (Wildman–Crippen LogP) is 0.827. The highest BCUT2D eigenvalue weighted by Gasteiger charge is 2.51. The zero-order valence-electron chi connectivity index (χ0n) is 12.3. The SMILES string of the molecule is CN1C(=O)NC(C)(C2CCCN(Cc3ccno3)C2)C1=O. The number of hydrogen-bond donors (Lipinski definition) is 1. The first-order chi connectivity index (χ1) is 10.0. The number of imide groups is 1. The molecule has 114 valence electrons. The van der Waals surface area contributed by atoms with Crippen LogP contribution < -0.4 is 5.32 Å². The Hall–Kier alpha value is -1.89. The van der Waals surface area contributed by atoms with Gasteiger partial charge in [0.05, 0.1) is 12.7 Å². The van der Waals surface area contributed by atoms with Gasteiger partial charge in [-0.25, -0.2) is 4.79 Å². The molecule has 0 aliphatic carbocycles. The van der Waals surface area contributed by atoms with E-state index in [1.54, 1.807) is 6.20 Å². The van der Waals surface area contributed by atoms with E-state index in [1.807, 2.05) is 13.0 Å². The minimum atomic E-state index is -0.800. The van der Waals surface area contributed by atoms with Crippen molar-refractivity contribution in [3.63, 3.8) is 0 Å². The Bertz CT molecular complexity index is 544. The third kappa shape index (κ3) is 2.42. The van der Waals surface area contributed by atoms with Gasteiger partial charge in [-0.1, -0.05) is 5.16 Å². The molecule has 0 aromatic carbocycles. The van der Waals surface area contributed by atoms with Crippen molar-refractivity contribution in [3.05, 3.63) is 18.0 Å². The van der Waals surface area contributed by atoms with Crippen LogP contribution in [-0.4, -0.2) is 52.6 Å². The van der Waals surface area contributed by atoms with Crippen molar-refractivity contribution in [2.75, 3.05) is 20.1 Å². The molecule has 2 aliphatic heterocycles. The van der Waals surface area contributed by atoms with Gasteiger partial charge in [0.1, 0.15) is 5.54 Å². The number of likely N-dealkylation sites (tertiary alicyclic amines) is 1. The van der Waals surface area contributed by atoms with E-state index in [0.29, 0.717) is 6.54 Å². The fourth-order valence-electron chi connectivity index (χ4n) is 3.29. The summed E-state index contributed by atoms with van der Waals surface area (Å²) in [5, 5.41) is 6.56. The van der Waals surface area contributed by atoms with E-state index in [4.69, 9.17) is 4.52 Å². The van der Waals surface area contributed by atoms with Gasteiger partial charge in [-0.15, -0.1) is 0 Å². The van der Waals surface area contributed by atoms with Crippen LogP contribution in [0.25, 0.3) is 0 Å². The summed E-state index contributed by atoms with van der Waals surface area (Å²) < 4.78 is 5.14. The molecule has 21 heavy (non-hydrogen) atoms. The summed E-state index contributed by atoms with van der Waals surface area (Å²) in [7, 11) is 1.53. The van der Waals surface area contributed by atoms with Gasteiger partial charge in [-0.2, -0.15) is 0 Å². The maximum Gasteiger partial charge on any atom is 0.324 e. The zero-order valence-corrected chi connectivity index (χ0v) is 12.3. The van der Waals surface area contributed by atoms with Crippen molar-refractivity contribution in [2.24, 2.45) is 5.92 Å². The second-order valence-electron chi connectivity index (χ2n) is 6.05. The van der Waals surface area contributed by atoms with Gasteiger partial charge in [0.2, 0.25) is 0 Å². The van der Waals surface area contributed by atoms with Crippen molar-refractivity contribution >= 4 is 11.9 Å². The number of carbonyl (C=O) groups excluding carboxylic acids is 2. The highest BCUT2D eigenvalue weighted by Crippen LogP contribution is 2.32. The molecule has 0 spiro atoms. The molecule has 2 atom stereocenters. The second-order valence-corrected chi connectivity index (χ2v) is 6.05. The van der Waals surface area contributed by atoms with Crippen LogP contribution in [0.4, 0.5) is 4.79 Å². The molecule has 3 amide bonds. The van der Waals surface area contributed by atoms with Gasteiger partial charge in [0.15, 0.2) is 5.76 Å². The molecule has 0 bridgehead atoms. The van der Waals surface area contributed by atoms with Gasteiger partial charge >= 0.3 is 6.03 Å². The standard InChI is InChI=1S/C14H20N4O3/c1-14(12(19)17(2)13(20)16-14)10-4-3-7-18(8-10)9-11-5-6-15-21-11/h5-6,10H,3-4,7-9H2,1-2H3,(H,16,20). The monoisotopic (exact) mass is 292 g/mol. The molecular formula is C14H20N4O3. The zero-order chi connectivity index (χ0) is 15.0. The van der Waals surface area contributed by atoms with Crippen LogP contribution in [0, 0.1) is 5.92 Å². The fraction of sp³-hybridized carbons (Fsp3) is 0.643. The minimum Gasteiger partial charge on any atom is -0.360 e. The molecule has 2 unspecified atom stereocenters. The Morgan fingerprint density at radius 2 is 2.33 bits per heavy atom. The summed E-state index contributed by atoms with van der Waals surface area (Å²) in [6.45, 7) is 4.24. The van der Waals surface area contributed by atoms with Crippen LogP contribution in [0.15, 0.2) is 16.8 Å². The number of aromatic nitrogens is 1. The predicted molar refractivity (Wildman–Crippen MR) is 74.2 cm³/mol. The Kier molecular flexibility index (Phi) is 3.44. The third-order valence-electron chi connectivity index (χ3n) is 4.61. The molecule has 3 rings (SSSR count). The van der Waals surface area contributed by atoms with Crippen molar-refractivity contribution in [1.82, 2.24) is 20.3 Å². The van der Waals surface area contributed by atoms with Gasteiger partial charge < -0.3 is 9.84 Å². The van der Waals surface area contributed by atoms with Crippen molar-refractivity contribution in [3.8, 4) is 0 Å². The number of carbonyl (C=O) groups is 2. The largest absolute Gasteiger partial charge is 0.360 e. The number of piperidine rings is 1. The van der Waals surface area contributed by atoms with Crippen molar-refractivity contribution in [2.45, 2.75) is 31.8 Å². The first-order valence-electron chi connectivity index (χ1n) is 7.23. The molecule has 2 aliphatic rings. The van der Waals surface area contributed by atoms with E-state index in [1.165, 1.54) is 11.9 Å². The maximum atomic E-state index is 12.4. The van der Waals surface area contributed by atoms with Crippen LogP contribution >= 0.6 is 0 Å². The summed E-state index contributed by atoms with van der Waals surface area (Å²) in [6.07, 6.45) is 3.57. The lowest BCUT2D eigenvalue weighted by molar-refractivity contribution is -0.132. The highest BCUT2D eigenvalue weighted by molar-refractivity contribution is 6.06. The molecule has 0 radical (unpaired) electrons. The Balaban J connectivity index is 1.71. The Morgan fingerprint density at radius 1 is 1.52 bits per heavy atom. The summed E-state index contributed by atoms with van der Waals surface area (Å²) in [4.78, 5) is 27.5. The average Bonchev–Trinajstić information content (AvgIpc) is 3.04. The van der Waals surface area contributed by atoms with Crippen molar-refractivity contribution in [1.29, 1.82) is 0 Å². The number of urea groups is 1. The van der Waals surface area contributed by atoms with Crippen LogP contribution in [0.1, 0.15) is 25.5 Å². The number of amides is 3. The Labute approximate surface area is 123 Å². The number of rotatable bonds is 3. The van der Waals surface area contributed by atoms with Crippen LogP contribution in [0.2, 0.25) is 0 Å². The van der Waals surface area contributed by atoms with Crippen molar-refractivity contribution < 1.29 is 14.1 Å². The molecule has 1 aromatic heterocycles. The van der Waals surface area contributed by atoms with Crippen LogP contribution in [-0.2, 0) is 11.3 Å². The summed E-state index contributed by atoms with van der Waals surface area (Å²) in [5.74, 6) is 0.786. The molecule has 7 heteroatoms. The summed E-state index contributed by atoms with van der Waals surface area (Å²) in [6, 6.07) is 1.54. The second kappa shape index (κ2) is 5.14. The number of nitrogens with zero attached hydrogens (tertiary/aromatic N) is 3. The number of hydrogen-bond acceptors (Lipinski definition) is 5. The number of nitrogens with one attached hydrogen (secondary N) is 1. The van der Waals surface area contributed by atoms with E-state index in [9.17, 15) is 9.59 Å². The summed E-state index contributed by atoms with van der Waals surface area (Å²) >= 11 is 0. The van der Waals surface area contributed by atoms with Crippen LogP contribution in [0.5, 0.6) is 0 Å². The molecule has 7 nitrogen and oxygen atoms in total. The highest BCUT2D eigenvalue weighted by atomic mass is 16.5. The smallest absolute Gasteiger partial charge is 0.324 e. The molecule has 2 saturated heterocycles. The average molecular weight is 292 g/mol. The lowest BCUT2D eigenvalue weighted by Crippen LogP contribution is -2.55. The van der Waals surface area contributed by atoms with Gasteiger partial charge in [0, 0.05) is 25.6 Å². The van der Waals surface area contributed by atoms with Gasteiger partial charge in [-0.3, -0.25) is 14.6 Å². The lowest BCUT2D eigenvalue weighted by atomic mass is 9.80. The van der Waals surface area contributed by atoms with E-state index in [-0.39, 0.29) is 17.9 Å². The van der Waals surface area contributed by atoms with E-state index in [0.717, 1.165) is 31.7 Å². The minimum absolute atomic E-state index is 0.107. The first kappa shape index (κ1) is 14.1. The van der Waals surface area contributed by atoms with E-state index < -0.39 is 5.54 Å². The maximum absolute atomic E-state index is 12.4. The normalized spacial score (nSPS) is 30.8. The van der Waals surface area contributed by atoms with E-state index >= 15 is 0 Å². The first-order valence-corrected chi connectivity index (χ1v) is 7.23. The quantitative estimate of drug-likeness (QED) is 0.835. The Morgan fingerprint density at radius 3 is 2.95 bits per heavy atom. The van der Waals surface area contributed by atoms with Crippen LogP contribution in [0.3, 0.4) is 0 Å². The van der Waals surface area contributed by atoms with Gasteiger partial charge in [0.25, 0.3) is 5.91 Å². The molecule has 3 heterocycles. The molecular weight excluding hydrogens is 272 g/mol. The molecule has 1 N–H and O–H groups in total.